The standard InChI is InChI=1S/C9H8Br/c10-9-3-1-2-8(6-9)7-4-5-7/h1-2,6-7H,4-5H2. The Bertz CT molecular complexity index is 238. The van der Waals surface area contributed by atoms with Crippen molar-refractivity contribution in [1.82, 2.24) is 0 Å². The lowest BCUT2D eigenvalue weighted by Crippen LogP contribution is -1.76. The molecule has 0 nitrogen and oxygen atoms in total. The molecule has 2 rings (SSSR count). The zero-order chi connectivity index (χ0) is 6.97. The average molecular weight is 196 g/mol. The Kier molecular flexibility index (Phi) is 1.53. The van der Waals surface area contributed by atoms with Crippen LogP contribution in [-0.2, 0) is 0 Å². The van der Waals surface area contributed by atoms with Gasteiger partial charge in [-0.05, 0) is 36.5 Å². The molecule has 1 saturated carbocycles. The van der Waals surface area contributed by atoms with Gasteiger partial charge >= 0.3 is 0 Å². The second-order valence-corrected chi connectivity index (χ2v) is 3.60. The number of halogens is 1. The molecule has 1 aliphatic rings. The first-order valence-corrected chi connectivity index (χ1v) is 4.33. The number of rotatable bonds is 1. The smallest absolute Gasteiger partial charge is 0.0256 e. The molecule has 0 unspecified atom stereocenters. The Morgan fingerprint density at radius 3 is 2.90 bits per heavy atom. The van der Waals surface area contributed by atoms with E-state index >= 15 is 0 Å². The Labute approximate surface area is 69.4 Å². The monoisotopic (exact) mass is 195 g/mol. The highest BCUT2D eigenvalue weighted by atomic mass is 79.9. The van der Waals surface area contributed by atoms with Gasteiger partial charge in [0.25, 0.3) is 0 Å². The lowest BCUT2D eigenvalue weighted by atomic mass is 10.1. The molecule has 0 heterocycles. The molecular weight excluding hydrogens is 188 g/mol. The van der Waals surface area contributed by atoms with Crippen molar-refractivity contribution >= 4 is 15.9 Å². The van der Waals surface area contributed by atoms with Crippen molar-refractivity contribution in [2.75, 3.05) is 0 Å². The van der Waals surface area contributed by atoms with Gasteiger partial charge in [-0.25, -0.2) is 0 Å². The van der Waals surface area contributed by atoms with E-state index in [2.05, 4.69) is 34.1 Å². The van der Waals surface area contributed by atoms with Gasteiger partial charge in [0.15, 0.2) is 0 Å². The van der Waals surface area contributed by atoms with Crippen molar-refractivity contribution in [3.63, 3.8) is 0 Å². The Morgan fingerprint density at radius 1 is 1.50 bits per heavy atom. The van der Waals surface area contributed by atoms with Crippen LogP contribution in [0.25, 0.3) is 0 Å². The zero-order valence-corrected chi connectivity index (χ0v) is 7.19. The molecule has 1 aromatic carbocycles. The summed E-state index contributed by atoms with van der Waals surface area (Å²) >= 11 is 3.40. The molecule has 0 amide bonds. The van der Waals surface area contributed by atoms with Crippen molar-refractivity contribution in [3.05, 3.63) is 34.3 Å². The molecule has 0 aliphatic heterocycles. The van der Waals surface area contributed by atoms with Gasteiger partial charge in [0, 0.05) is 4.47 Å². The Hall–Kier alpha value is -0.300. The third kappa shape index (κ3) is 1.24. The van der Waals surface area contributed by atoms with Crippen LogP contribution in [-0.4, -0.2) is 0 Å². The summed E-state index contributed by atoms with van der Waals surface area (Å²) in [5.41, 5.74) is 1.46. The first-order chi connectivity index (χ1) is 4.86. The highest BCUT2D eigenvalue weighted by molar-refractivity contribution is 9.10. The van der Waals surface area contributed by atoms with E-state index in [9.17, 15) is 0 Å². The predicted octanol–water partition coefficient (Wildman–Crippen LogP) is 3.13. The van der Waals surface area contributed by atoms with Crippen LogP contribution in [0, 0.1) is 6.07 Å². The molecule has 1 fully saturated rings. The maximum absolute atomic E-state index is 3.40. The summed E-state index contributed by atoms with van der Waals surface area (Å²) in [6.45, 7) is 0. The fourth-order valence-corrected chi connectivity index (χ4v) is 1.52. The van der Waals surface area contributed by atoms with E-state index < -0.39 is 0 Å². The largest absolute Gasteiger partial charge is 0.0581 e. The quantitative estimate of drug-likeness (QED) is 0.647. The van der Waals surface area contributed by atoms with Crippen LogP contribution in [0.1, 0.15) is 24.3 Å². The topological polar surface area (TPSA) is 0 Å². The van der Waals surface area contributed by atoms with Gasteiger partial charge in [0.2, 0.25) is 0 Å². The minimum Gasteiger partial charge on any atom is -0.0581 e. The molecule has 0 spiro atoms. The molecule has 1 radical (unpaired) electrons. The Morgan fingerprint density at radius 2 is 2.30 bits per heavy atom. The average Bonchev–Trinajstić information content (AvgIpc) is 2.68. The first kappa shape index (κ1) is 6.41. The summed E-state index contributed by atoms with van der Waals surface area (Å²) in [5.74, 6) is 0.853. The summed E-state index contributed by atoms with van der Waals surface area (Å²) in [6.07, 6.45) is 2.74. The SMILES string of the molecule is Brc1[c]ccc(C2CC2)c1. The molecule has 1 aromatic rings. The highest BCUT2D eigenvalue weighted by Crippen LogP contribution is 2.40. The molecule has 1 heteroatoms. The van der Waals surface area contributed by atoms with Crippen LogP contribution in [0.5, 0.6) is 0 Å². The van der Waals surface area contributed by atoms with Crippen LogP contribution in [0.3, 0.4) is 0 Å². The van der Waals surface area contributed by atoms with Crippen LogP contribution in [0.15, 0.2) is 22.7 Å². The van der Waals surface area contributed by atoms with Gasteiger partial charge in [0.05, 0.1) is 0 Å². The third-order valence-corrected chi connectivity index (χ3v) is 2.30. The van der Waals surface area contributed by atoms with Crippen LogP contribution in [0.4, 0.5) is 0 Å². The van der Waals surface area contributed by atoms with Crippen LogP contribution < -0.4 is 0 Å². The Balaban J connectivity index is 2.32. The van der Waals surface area contributed by atoms with E-state index in [1.807, 2.05) is 6.07 Å². The molecule has 0 aromatic heterocycles. The van der Waals surface area contributed by atoms with E-state index in [0.29, 0.717) is 0 Å². The number of hydrogen-bond acceptors (Lipinski definition) is 0. The lowest BCUT2D eigenvalue weighted by molar-refractivity contribution is 1.13. The molecule has 51 valence electrons. The van der Waals surface area contributed by atoms with E-state index in [1.165, 1.54) is 18.4 Å². The summed E-state index contributed by atoms with van der Waals surface area (Å²) in [7, 11) is 0. The normalized spacial score (nSPS) is 17.3. The molecule has 0 bridgehead atoms. The van der Waals surface area contributed by atoms with Gasteiger partial charge < -0.3 is 0 Å². The molecular formula is C9H8Br. The van der Waals surface area contributed by atoms with Crippen molar-refractivity contribution in [2.24, 2.45) is 0 Å². The highest BCUT2D eigenvalue weighted by Gasteiger charge is 2.22. The maximum Gasteiger partial charge on any atom is 0.0256 e. The van der Waals surface area contributed by atoms with Crippen molar-refractivity contribution in [2.45, 2.75) is 18.8 Å². The zero-order valence-electron chi connectivity index (χ0n) is 5.60. The lowest BCUT2D eigenvalue weighted by Gasteiger charge is -1.95. The summed E-state index contributed by atoms with van der Waals surface area (Å²) < 4.78 is 1.08. The fourth-order valence-electron chi connectivity index (χ4n) is 1.12. The summed E-state index contributed by atoms with van der Waals surface area (Å²) in [4.78, 5) is 0. The molecule has 1 aliphatic carbocycles. The van der Waals surface area contributed by atoms with E-state index in [1.54, 1.807) is 0 Å². The minimum atomic E-state index is 0.853. The van der Waals surface area contributed by atoms with E-state index in [-0.39, 0.29) is 0 Å². The van der Waals surface area contributed by atoms with Crippen molar-refractivity contribution < 1.29 is 0 Å². The van der Waals surface area contributed by atoms with E-state index in [0.717, 1.165) is 10.4 Å². The van der Waals surface area contributed by atoms with E-state index in [4.69, 9.17) is 0 Å². The third-order valence-electron chi connectivity index (χ3n) is 1.84. The maximum atomic E-state index is 3.40. The number of benzene rings is 1. The van der Waals surface area contributed by atoms with Gasteiger partial charge in [-0.3, -0.25) is 0 Å². The van der Waals surface area contributed by atoms with Gasteiger partial charge in [0.1, 0.15) is 0 Å². The number of hydrogen-bond donors (Lipinski definition) is 0. The summed E-state index contributed by atoms with van der Waals surface area (Å²) in [6, 6.07) is 9.37. The van der Waals surface area contributed by atoms with Gasteiger partial charge in [-0.15, -0.1) is 0 Å². The molecule has 0 saturated heterocycles. The second kappa shape index (κ2) is 2.39. The fraction of sp³-hybridized carbons (Fsp3) is 0.333. The van der Waals surface area contributed by atoms with Gasteiger partial charge in [-0.1, -0.05) is 28.1 Å². The molecule has 0 N–H and O–H groups in total. The first-order valence-electron chi connectivity index (χ1n) is 3.53. The van der Waals surface area contributed by atoms with Crippen molar-refractivity contribution in [3.8, 4) is 0 Å². The molecule has 10 heavy (non-hydrogen) atoms. The van der Waals surface area contributed by atoms with Crippen LogP contribution in [0.2, 0.25) is 0 Å². The molecule has 0 atom stereocenters. The van der Waals surface area contributed by atoms with Crippen molar-refractivity contribution in [1.29, 1.82) is 0 Å². The minimum absolute atomic E-state index is 0.853. The summed E-state index contributed by atoms with van der Waals surface area (Å²) in [5, 5.41) is 0. The second-order valence-electron chi connectivity index (χ2n) is 2.74. The van der Waals surface area contributed by atoms with Gasteiger partial charge in [-0.2, -0.15) is 0 Å². The van der Waals surface area contributed by atoms with Crippen LogP contribution >= 0.6 is 15.9 Å². The predicted molar refractivity (Wildman–Crippen MR) is 45.0 cm³/mol.